The minimum Gasteiger partial charge on any atom is -0.347 e. The molecule has 3 aromatic rings. The van der Waals surface area contributed by atoms with Crippen LogP contribution in [0.25, 0.3) is 10.9 Å². The number of alkyl halides is 3. The van der Waals surface area contributed by atoms with E-state index in [9.17, 15) is 22.8 Å². The van der Waals surface area contributed by atoms with Gasteiger partial charge in [-0.25, -0.2) is 0 Å². The van der Waals surface area contributed by atoms with Crippen molar-refractivity contribution in [3.05, 3.63) is 75.1 Å². The molecule has 0 fully saturated rings. The number of anilines is 1. The predicted octanol–water partition coefficient (Wildman–Crippen LogP) is 5.42. The van der Waals surface area contributed by atoms with Gasteiger partial charge in [-0.1, -0.05) is 32.0 Å². The first kappa shape index (κ1) is 21.6. The van der Waals surface area contributed by atoms with Crippen LogP contribution in [0.2, 0.25) is 0 Å². The van der Waals surface area contributed by atoms with Crippen molar-refractivity contribution in [3.8, 4) is 0 Å². The lowest BCUT2D eigenvalue weighted by molar-refractivity contribution is -0.137. The molecule has 0 aliphatic carbocycles. The fraction of sp³-hybridized carbons (Fsp3) is 0.304. The first-order chi connectivity index (χ1) is 14.2. The quantitative estimate of drug-likeness (QED) is 0.604. The third-order valence-corrected chi connectivity index (χ3v) is 5.23. The average molecular weight is 416 g/mol. The van der Waals surface area contributed by atoms with Crippen LogP contribution in [0.4, 0.5) is 18.9 Å². The van der Waals surface area contributed by atoms with Crippen LogP contribution < -0.4 is 10.7 Å². The number of aryl methyl sites for hydroxylation is 3. The summed E-state index contributed by atoms with van der Waals surface area (Å²) in [5.41, 5.74) is 1.05. The van der Waals surface area contributed by atoms with Crippen molar-refractivity contribution >= 4 is 22.5 Å². The lowest BCUT2D eigenvalue weighted by Crippen LogP contribution is -2.25. The molecule has 0 aliphatic heterocycles. The molecular weight excluding hydrogens is 393 g/mol. The SMILES string of the molecule is CCc1cccc(CC)c1NC(=O)c1cn(CC)c2ccc(C(F)(F)F)cc2c1=O. The molecule has 158 valence electrons. The van der Waals surface area contributed by atoms with Crippen molar-refractivity contribution in [3.63, 3.8) is 0 Å². The third kappa shape index (κ3) is 3.97. The van der Waals surface area contributed by atoms with Gasteiger partial charge in [-0.3, -0.25) is 9.59 Å². The fourth-order valence-electron chi connectivity index (χ4n) is 3.58. The molecular formula is C23H23F3N2O2. The molecule has 1 heterocycles. The second kappa shape index (κ2) is 8.34. The van der Waals surface area contributed by atoms with Crippen molar-refractivity contribution < 1.29 is 18.0 Å². The van der Waals surface area contributed by atoms with Crippen molar-refractivity contribution in [2.75, 3.05) is 5.32 Å². The van der Waals surface area contributed by atoms with Crippen LogP contribution in [-0.4, -0.2) is 10.5 Å². The summed E-state index contributed by atoms with van der Waals surface area (Å²) >= 11 is 0. The molecule has 2 aromatic carbocycles. The van der Waals surface area contributed by atoms with Crippen molar-refractivity contribution in [2.24, 2.45) is 0 Å². The number of para-hydroxylation sites is 1. The van der Waals surface area contributed by atoms with Crippen LogP contribution in [0.5, 0.6) is 0 Å². The number of carbonyl (C=O) groups is 1. The Morgan fingerprint density at radius 3 is 2.20 bits per heavy atom. The molecule has 4 nitrogen and oxygen atoms in total. The molecule has 30 heavy (non-hydrogen) atoms. The minimum atomic E-state index is -4.58. The average Bonchev–Trinajstić information content (AvgIpc) is 2.73. The number of hydrogen-bond donors (Lipinski definition) is 1. The van der Waals surface area contributed by atoms with E-state index in [2.05, 4.69) is 5.32 Å². The second-order valence-electron chi connectivity index (χ2n) is 7.00. The number of benzene rings is 2. The van der Waals surface area contributed by atoms with Crippen LogP contribution in [-0.2, 0) is 25.6 Å². The molecule has 1 aromatic heterocycles. The number of nitrogens with one attached hydrogen (secondary N) is 1. The number of aromatic nitrogens is 1. The van der Waals surface area contributed by atoms with Crippen LogP contribution in [0.15, 0.2) is 47.4 Å². The highest BCUT2D eigenvalue weighted by Gasteiger charge is 2.31. The van der Waals surface area contributed by atoms with E-state index in [-0.39, 0.29) is 10.9 Å². The predicted molar refractivity (Wildman–Crippen MR) is 112 cm³/mol. The normalized spacial score (nSPS) is 11.7. The van der Waals surface area contributed by atoms with E-state index in [0.717, 1.165) is 23.3 Å². The van der Waals surface area contributed by atoms with E-state index in [1.54, 1.807) is 11.5 Å². The van der Waals surface area contributed by atoms with Crippen molar-refractivity contribution in [1.82, 2.24) is 4.57 Å². The van der Waals surface area contributed by atoms with Crippen LogP contribution in [0, 0.1) is 0 Å². The molecule has 0 atom stereocenters. The number of amides is 1. The lowest BCUT2D eigenvalue weighted by Gasteiger charge is -2.16. The maximum absolute atomic E-state index is 13.2. The zero-order chi connectivity index (χ0) is 22.1. The Kier molecular flexibility index (Phi) is 6.01. The summed E-state index contributed by atoms with van der Waals surface area (Å²) in [6.07, 6.45) is -1.79. The summed E-state index contributed by atoms with van der Waals surface area (Å²) in [5, 5.41) is 2.70. The summed E-state index contributed by atoms with van der Waals surface area (Å²) < 4.78 is 41.1. The Morgan fingerprint density at radius 1 is 1.03 bits per heavy atom. The highest BCUT2D eigenvalue weighted by atomic mass is 19.4. The molecule has 0 bridgehead atoms. The highest BCUT2D eigenvalue weighted by molar-refractivity contribution is 6.06. The van der Waals surface area contributed by atoms with E-state index in [0.29, 0.717) is 30.6 Å². The Hall–Kier alpha value is -3.09. The van der Waals surface area contributed by atoms with Crippen molar-refractivity contribution in [2.45, 2.75) is 46.3 Å². The number of halogens is 3. The number of rotatable bonds is 5. The van der Waals surface area contributed by atoms with E-state index in [4.69, 9.17) is 0 Å². The highest BCUT2D eigenvalue weighted by Crippen LogP contribution is 2.31. The van der Waals surface area contributed by atoms with E-state index < -0.39 is 23.1 Å². The summed E-state index contributed by atoms with van der Waals surface area (Å²) in [4.78, 5) is 26.0. The van der Waals surface area contributed by atoms with Crippen LogP contribution in [0.1, 0.15) is 47.8 Å². The molecule has 0 spiro atoms. The summed E-state index contributed by atoms with van der Waals surface area (Å²) in [6.45, 7) is 6.12. The molecule has 7 heteroatoms. The minimum absolute atomic E-state index is 0.126. The number of hydrogen-bond acceptors (Lipinski definition) is 2. The Balaban J connectivity index is 2.16. The Labute approximate surface area is 172 Å². The van der Waals surface area contributed by atoms with Gasteiger partial charge in [0.25, 0.3) is 5.91 Å². The molecule has 1 N–H and O–H groups in total. The topological polar surface area (TPSA) is 51.1 Å². The van der Waals surface area contributed by atoms with Crippen molar-refractivity contribution in [1.29, 1.82) is 0 Å². The van der Waals surface area contributed by atoms with E-state index in [1.807, 2.05) is 32.0 Å². The first-order valence-corrected chi connectivity index (χ1v) is 9.87. The summed E-state index contributed by atoms with van der Waals surface area (Å²) in [6, 6.07) is 8.74. The van der Waals surface area contributed by atoms with Crippen LogP contribution in [0.3, 0.4) is 0 Å². The zero-order valence-corrected chi connectivity index (χ0v) is 17.1. The Morgan fingerprint density at radius 2 is 1.67 bits per heavy atom. The summed E-state index contributed by atoms with van der Waals surface area (Å²) in [7, 11) is 0. The molecule has 0 unspecified atom stereocenters. The maximum atomic E-state index is 13.2. The van der Waals surface area contributed by atoms with Gasteiger partial charge in [0.15, 0.2) is 0 Å². The maximum Gasteiger partial charge on any atom is 0.416 e. The smallest absolute Gasteiger partial charge is 0.347 e. The Bertz CT molecular complexity index is 1140. The summed E-state index contributed by atoms with van der Waals surface area (Å²) in [5.74, 6) is -0.628. The van der Waals surface area contributed by atoms with E-state index >= 15 is 0 Å². The lowest BCUT2D eigenvalue weighted by atomic mass is 10.0. The zero-order valence-electron chi connectivity index (χ0n) is 17.1. The number of nitrogens with zero attached hydrogens (tertiary/aromatic N) is 1. The number of carbonyl (C=O) groups excluding carboxylic acids is 1. The first-order valence-electron chi connectivity index (χ1n) is 9.87. The molecule has 0 radical (unpaired) electrons. The van der Waals surface area contributed by atoms with Gasteiger partial charge in [0.1, 0.15) is 5.56 Å². The van der Waals surface area contributed by atoms with Crippen LogP contribution >= 0.6 is 0 Å². The van der Waals surface area contributed by atoms with Gasteiger partial charge in [-0.15, -0.1) is 0 Å². The molecule has 3 rings (SSSR count). The van der Waals surface area contributed by atoms with Gasteiger partial charge in [-0.05, 0) is 49.1 Å². The number of pyridine rings is 1. The third-order valence-electron chi connectivity index (χ3n) is 5.23. The van der Waals surface area contributed by atoms with Gasteiger partial charge in [0, 0.05) is 23.8 Å². The van der Waals surface area contributed by atoms with Gasteiger partial charge < -0.3 is 9.88 Å². The molecule has 0 aliphatic rings. The second-order valence-corrected chi connectivity index (χ2v) is 7.00. The van der Waals surface area contributed by atoms with E-state index in [1.165, 1.54) is 12.3 Å². The largest absolute Gasteiger partial charge is 0.416 e. The van der Waals surface area contributed by atoms with Gasteiger partial charge in [0.2, 0.25) is 5.43 Å². The van der Waals surface area contributed by atoms with Gasteiger partial charge >= 0.3 is 6.18 Å². The fourth-order valence-corrected chi connectivity index (χ4v) is 3.58. The monoisotopic (exact) mass is 416 g/mol. The van der Waals surface area contributed by atoms with Gasteiger partial charge in [0.05, 0.1) is 11.1 Å². The number of fused-ring (bicyclic) bond motifs is 1. The van der Waals surface area contributed by atoms with Gasteiger partial charge in [-0.2, -0.15) is 13.2 Å². The molecule has 0 saturated carbocycles. The molecule has 1 amide bonds. The molecule has 0 saturated heterocycles. The standard InChI is InChI=1S/C23H23F3N2O2/c1-4-14-8-7-9-15(5-2)20(14)27-22(30)18-13-28(6-3)19-11-10-16(23(24,25)26)12-17(19)21(18)29/h7-13H,4-6H2,1-3H3,(H,27,30).